The number of amides is 4. The van der Waals surface area contributed by atoms with E-state index in [4.69, 9.17) is 0 Å². The van der Waals surface area contributed by atoms with Crippen LogP contribution in [0.3, 0.4) is 0 Å². The number of imide groups is 1. The Morgan fingerprint density at radius 3 is 2.59 bits per heavy atom. The SMILES string of the molecule is C[C@@]1(C2CCCCC2)NC(=O)N(CC(=O)NCCCc2ccccc2)C1=O. The molecule has 1 aliphatic carbocycles. The monoisotopic (exact) mass is 371 g/mol. The summed E-state index contributed by atoms with van der Waals surface area (Å²) in [4.78, 5) is 38.4. The van der Waals surface area contributed by atoms with Crippen LogP contribution >= 0.6 is 0 Å². The number of hydrogen-bond donors (Lipinski definition) is 2. The summed E-state index contributed by atoms with van der Waals surface area (Å²) in [6.45, 7) is 2.12. The van der Waals surface area contributed by atoms with Crippen LogP contribution in [0.15, 0.2) is 30.3 Å². The number of urea groups is 1. The van der Waals surface area contributed by atoms with Gasteiger partial charge in [-0.1, -0.05) is 49.6 Å². The number of nitrogens with one attached hydrogen (secondary N) is 2. The summed E-state index contributed by atoms with van der Waals surface area (Å²) in [5.74, 6) is -0.403. The van der Waals surface area contributed by atoms with Crippen molar-refractivity contribution in [2.24, 2.45) is 5.92 Å². The average Bonchev–Trinajstić information content (AvgIpc) is 2.91. The predicted molar refractivity (Wildman–Crippen MR) is 103 cm³/mol. The smallest absolute Gasteiger partial charge is 0.325 e. The molecule has 2 N–H and O–H groups in total. The molecule has 0 aromatic heterocycles. The lowest BCUT2D eigenvalue weighted by Crippen LogP contribution is -2.51. The molecule has 2 fully saturated rings. The van der Waals surface area contributed by atoms with E-state index in [-0.39, 0.29) is 24.3 Å². The van der Waals surface area contributed by atoms with Crippen molar-refractivity contribution in [3.8, 4) is 0 Å². The molecule has 1 aromatic carbocycles. The molecule has 1 aromatic rings. The Hall–Kier alpha value is -2.37. The molecule has 0 bridgehead atoms. The summed E-state index contributed by atoms with van der Waals surface area (Å²) in [5, 5.41) is 5.67. The van der Waals surface area contributed by atoms with E-state index in [1.165, 1.54) is 12.0 Å². The van der Waals surface area contributed by atoms with Gasteiger partial charge in [-0.3, -0.25) is 14.5 Å². The highest BCUT2D eigenvalue weighted by Gasteiger charge is 2.52. The third kappa shape index (κ3) is 4.49. The van der Waals surface area contributed by atoms with Gasteiger partial charge in [0, 0.05) is 6.54 Å². The van der Waals surface area contributed by atoms with Crippen LogP contribution in [0.5, 0.6) is 0 Å². The van der Waals surface area contributed by atoms with Crippen LogP contribution in [-0.4, -0.2) is 41.4 Å². The van der Waals surface area contributed by atoms with Gasteiger partial charge in [-0.05, 0) is 44.1 Å². The molecule has 1 saturated heterocycles. The highest BCUT2D eigenvalue weighted by molar-refractivity contribution is 6.09. The van der Waals surface area contributed by atoms with Gasteiger partial charge in [-0.2, -0.15) is 0 Å². The van der Waals surface area contributed by atoms with Gasteiger partial charge < -0.3 is 10.6 Å². The fourth-order valence-electron chi connectivity index (χ4n) is 4.18. The number of rotatable bonds is 7. The van der Waals surface area contributed by atoms with E-state index in [1.807, 2.05) is 18.2 Å². The maximum atomic E-state index is 12.9. The quantitative estimate of drug-likeness (QED) is 0.571. The van der Waals surface area contributed by atoms with E-state index in [1.54, 1.807) is 6.92 Å². The van der Waals surface area contributed by atoms with Crippen molar-refractivity contribution < 1.29 is 14.4 Å². The van der Waals surface area contributed by atoms with Crippen LogP contribution in [0.25, 0.3) is 0 Å². The highest BCUT2D eigenvalue weighted by Crippen LogP contribution is 2.36. The highest BCUT2D eigenvalue weighted by atomic mass is 16.2. The Bertz CT molecular complexity index is 685. The first-order chi connectivity index (χ1) is 13.0. The molecule has 2 aliphatic rings. The number of hydrogen-bond acceptors (Lipinski definition) is 3. The van der Waals surface area contributed by atoms with Crippen molar-refractivity contribution >= 4 is 17.8 Å². The molecular weight excluding hydrogens is 342 g/mol. The van der Waals surface area contributed by atoms with Crippen molar-refractivity contribution in [3.63, 3.8) is 0 Å². The van der Waals surface area contributed by atoms with Gasteiger partial charge in [0.15, 0.2) is 0 Å². The zero-order valence-electron chi connectivity index (χ0n) is 16.0. The topological polar surface area (TPSA) is 78.5 Å². The zero-order valence-corrected chi connectivity index (χ0v) is 16.0. The molecule has 27 heavy (non-hydrogen) atoms. The number of benzene rings is 1. The van der Waals surface area contributed by atoms with Gasteiger partial charge in [-0.15, -0.1) is 0 Å². The minimum absolute atomic E-state index is 0.154. The van der Waals surface area contributed by atoms with E-state index in [9.17, 15) is 14.4 Å². The second-order valence-electron chi connectivity index (χ2n) is 7.80. The number of carbonyl (C=O) groups excluding carboxylic acids is 3. The Balaban J connectivity index is 1.47. The van der Waals surface area contributed by atoms with Gasteiger partial charge in [0.1, 0.15) is 12.1 Å². The van der Waals surface area contributed by atoms with Crippen molar-refractivity contribution in [1.82, 2.24) is 15.5 Å². The van der Waals surface area contributed by atoms with E-state index >= 15 is 0 Å². The normalized spacial score (nSPS) is 23.4. The standard InChI is InChI=1S/C21H29N3O3/c1-21(17-12-6-3-7-13-17)19(26)24(20(27)23-21)15-18(25)22-14-8-11-16-9-4-2-5-10-16/h2,4-5,9-10,17H,3,6-8,11-15H2,1H3,(H,22,25)(H,23,27)/t21-/m0/s1. The Morgan fingerprint density at radius 2 is 1.89 bits per heavy atom. The molecule has 4 amide bonds. The van der Waals surface area contributed by atoms with Gasteiger partial charge in [0.2, 0.25) is 5.91 Å². The lowest BCUT2D eigenvalue weighted by atomic mass is 9.75. The van der Waals surface area contributed by atoms with Crippen molar-refractivity contribution in [3.05, 3.63) is 35.9 Å². The van der Waals surface area contributed by atoms with Gasteiger partial charge in [0.05, 0.1) is 0 Å². The van der Waals surface area contributed by atoms with E-state index in [0.717, 1.165) is 43.4 Å². The second kappa shape index (κ2) is 8.55. The van der Waals surface area contributed by atoms with Crippen LogP contribution < -0.4 is 10.6 Å². The number of carbonyl (C=O) groups is 3. The van der Waals surface area contributed by atoms with Gasteiger partial charge in [0.25, 0.3) is 5.91 Å². The van der Waals surface area contributed by atoms with Crippen LogP contribution in [0.4, 0.5) is 4.79 Å². The predicted octanol–water partition coefficient (Wildman–Crippen LogP) is 2.63. The third-order valence-corrected chi connectivity index (χ3v) is 5.83. The first kappa shape index (κ1) is 19.4. The van der Waals surface area contributed by atoms with E-state index in [2.05, 4.69) is 22.8 Å². The first-order valence-corrected chi connectivity index (χ1v) is 9.95. The number of nitrogens with zero attached hydrogens (tertiary/aromatic N) is 1. The fourth-order valence-corrected chi connectivity index (χ4v) is 4.18. The molecule has 1 heterocycles. The van der Waals surface area contributed by atoms with Gasteiger partial charge >= 0.3 is 6.03 Å². The molecule has 3 rings (SSSR count). The molecule has 6 nitrogen and oxygen atoms in total. The molecule has 146 valence electrons. The molecule has 1 atom stereocenters. The van der Waals surface area contributed by atoms with Crippen LogP contribution in [0.1, 0.15) is 51.0 Å². The van der Waals surface area contributed by atoms with E-state index < -0.39 is 11.6 Å². The summed E-state index contributed by atoms with van der Waals surface area (Å²) in [6, 6.07) is 9.63. The zero-order chi connectivity index (χ0) is 19.3. The average molecular weight is 371 g/mol. The Morgan fingerprint density at radius 1 is 1.19 bits per heavy atom. The lowest BCUT2D eigenvalue weighted by Gasteiger charge is -2.34. The summed E-state index contributed by atoms with van der Waals surface area (Å²) >= 11 is 0. The molecule has 0 unspecified atom stereocenters. The van der Waals surface area contributed by atoms with Crippen molar-refractivity contribution in [1.29, 1.82) is 0 Å². The van der Waals surface area contributed by atoms with Gasteiger partial charge in [-0.25, -0.2) is 4.79 Å². The summed E-state index contributed by atoms with van der Waals surface area (Å²) in [5.41, 5.74) is 0.356. The Kier molecular flexibility index (Phi) is 6.14. The molecule has 0 radical (unpaired) electrons. The minimum Gasteiger partial charge on any atom is -0.355 e. The van der Waals surface area contributed by atoms with E-state index in [0.29, 0.717) is 6.54 Å². The van der Waals surface area contributed by atoms with Crippen molar-refractivity contribution in [2.75, 3.05) is 13.1 Å². The maximum Gasteiger partial charge on any atom is 0.325 e. The van der Waals surface area contributed by atoms with Crippen LogP contribution in [0, 0.1) is 5.92 Å². The minimum atomic E-state index is -0.870. The molecule has 1 saturated carbocycles. The second-order valence-corrected chi connectivity index (χ2v) is 7.80. The lowest BCUT2D eigenvalue weighted by molar-refractivity contribution is -0.136. The summed E-state index contributed by atoms with van der Waals surface area (Å²) < 4.78 is 0. The van der Waals surface area contributed by atoms with Crippen LogP contribution in [-0.2, 0) is 16.0 Å². The molecule has 6 heteroatoms. The fraction of sp³-hybridized carbons (Fsp3) is 0.571. The molecular formula is C21H29N3O3. The summed E-state index contributed by atoms with van der Waals surface area (Å²) in [7, 11) is 0. The maximum absolute atomic E-state index is 12.9. The van der Waals surface area contributed by atoms with Crippen LogP contribution in [0.2, 0.25) is 0 Å². The molecule has 1 aliphatic heterocycles. The first-order valence-electron chi connectivity index (χ1n) is 9.95. The molecule has 0 spiro atoms. The largest absolute Gasteiger partial charge is 0.355 e. The third-order valence-electron chi connectivity index (χ3n) is 5.83. The number of aryl methyl sites for hydroxylation is 1. The van der Waals surface area contributed by atoms with Crippen molar-refractivity contribution in [2.45, 2.75) is 57.4 Å². The summed E-state index contributed by atoms with van der Waals surface area (Å²) in [6.07, 6.45) is 6.95. The Labute approximate surface area is 160 Å².